The quantitative estimate of drug-likeness (QED) is 0.225. The van der Waals surface area contributed by atoms with E-state index >= 15 is 0 Å². The highest BCUT2D eigenvalue weighted by molar-refractivity contribution is 5.73. The van der Waals surface area contributed by atoms with Crippen molar-refractivity contribution in [2.75, 3.05) is 0 Å². The summed E-state index contributed by atoms with van der Waals surface area (Å²) in [5.74, 6) is 2.64. The summed E-state index contributed by atoms with van der Waals surface area (Å²) in [6.45, 7) is 17.4. The Morgan fingerprint density at radius 1 is 0.778 bits per heavy atom. The zero-order chi connectivity index (χ0) is 32.6. The SMILES string of the molecule is CC(C)[C@@H]1CC[C@]2(C=O)CC[C@]3(C)[C@H](CC[C@@H]4[C@@]5(C)CC[C@H](OC(=O)CC6(CC(=O)O)CCCCC6)C(C)(C)[C@@H]5CC[C@]43C)[C@@H]12. The third kappa shape index (κ3) is 4.99. The highest BCUT2D eigenvalue weighted by Gasteiger charge is 2.71. The maximum atomic E-state index is 13.5. The van der Waals surface area contributed by atoms with Crippen LogP contribution in [0.1, 0.15) is 158 Å². The van der Waals surface area contributed by atoms with Crippen molar-refractivity contribution < 1.29 is 24.2 Å². The van der Waals surface area contributed by atoms with Crippen LogP contribution in [-0.4, -0.2) is 29.4 Å². The van der Waals surface area contributed by atoms with Gasteiger partial charge in [-0.25, -0.2) is 0 Å². The summed E-state index contributed by atoms with van der Waals surface area (Å²) < 4.78 is 6.42. The number of aliphatic carboxylic acids is 1. The minimum absolute atomic E-state index is 0.0730. The molecule has 6 aliphatic carbocycles. The van der Waals surface area contributed by atoms with Gasteiger partial charge in [0.05, 0.1) is 12.8 Å². The van der Waals surface area contributed by atoms with E-state index in [0.29, 0.717) is 35.5 Å². The normalized spacial score (nSPS) is 46.7. The van der Waals surface area contributed by atoms with Crippen molar-refractivity contribution in [1.82, 2.24) is 0 Å². The smallest absolute Gasteiger partial charge is 0.306 e. The molecule has 5 heteroatoms. The second-order valence-electron chi connectivity index (χ2n) is 19.1. The van der Waals surface area contributed by atoms with Crippen LogP contribution >= 0.6 is 0 Å². The Labute approximate surface area is 273 Å². The Morgan fingerprint density at radius 2 is 1.49 bits per heavy atom. The van der Waals surface area contributed by atoms with E-state index in [0.717, 1.165) is 57.8 Å². The van der Waals surface area contributed by atoms with E-state index in [9.17, 15) is 19.5 Å². The highest BCUT2D eigenvalue weighted by Crippen LogP contribution is 2.77. The molecule has 10 atom stereocenters. The fourth-order valence-electron chi connectivity index (χ4n) is 14.4. The van der Waals surface area contributed by atoms with Crippen molar-refractivity contribution in [2.24, 2.45) is 68.0 Å². The third-order valence-corrected chi connectivity index (χ3v) is 16.8. The van der Waals surface area contributed by atoms with E-state index in [-0.39, 0.29) is 52.0 Å². The molecular weight excluding hydrogens is 560 g/mol. The summed E-state index contributed by atoms with van der Waals surface area (Å²) in [5, 5.41) is 9.65. The lowest BCUT2D eigenvalue weighted by molar-refractivity contribution is -0.249. The number of carbonyl (C=O) groups is 3. The number of hydrogen-bond acceptors (Lipinski definition) is 4. The lowest BCUT2D eigenvalue weighted by Gasteiger charge is -2.72. The van der Waals surface area contributed by atoms with E-state index < -0.39 is 11.4 Å². The van der Waals surface area contributed by atoms with Gasteiger partial charge in [-0.1, -0.05) is 67.7 Å². The maximum absolute atomic E-state index is 13.5. The molecule has 45 heavy (non-hydrogen) atoms. The standard InChI is InChI=1S/C40H64O5/c1-26(2)27-13-20-40(25-41)22-21-37(6)28(34(27)40)11-12-30-36(5)18-15-31(35(3,4)29(36)14-19-38(30,37)7)45-33(44)24-39(23-32(42)43)16-9-8-10-17-39/h25-31,34H,8-24H2,1-7H3,(H,42,43)/t27-,28+,29-,30+,31-,34+,36-,37+,38+,40+/m0/s1. The molecule has 254 valence electrons. The van der Waals surface area contributed by atoms with Gasteiger partial charge in [-0.05, 0) is 134 Å². The van der Waals surface area contributed by atoms with Crippen LogP contribution in [0.3, 0.4) is 0 Å². The number of carbonyl (C=O) groups excluding carboxylic acids is 2. The number of carboxylic acids is 1. The van der Waals surface area contributed by atoms with Crippen molar-refractivity contribution in [2.45, 2.75) is 164 Å². The second kappa shape index (κ2) is 11.4. The molecule has 6 saturated carbocycles. The van der Waals surface area contributed by atoms with Crippen LogP contribution in [-0.2, 0) is 19.1 Å². The fourth-order valence-corrected chi connectivity index (χ4v) is 14.4. The first kappa shape index (κ1) is 33.5. The number of esters is 1. The molecule has 5 nitrogen and oxygen atoms in total. The number of fused-ring (bicyclic) bond motifs is 7. The molecule has 0 saturated heterocycles. The Bertz CT molecular complexity index is 1170. The van der Waals surface area contributed by atoms with Gasteiger partial charge in [0.25, 0.3) is 0 Å². The summed E-state index contributed by atoms with van der Waals surface area (Å²) in [6, 6.07) is 0. The molecule has 0 heterocycles. The van der Waals surface area contributed by atoms with Gasteiger partial charge >= 0.3 is 11.9 Å². The van der Waals surface area contributed by atoms with Gasteiger partial charge in [0.2, 0.25) is 0 Å². The number of carboxylic acid groups (broad SMARTS) is 1. The molecule has 0 aromatic rings. The number of hydrogen-bond donors (Lipinski definition) is 1. The second-order valence-corrected chi connectivity index (χ2v) is 19.1. The van der Waals surface area contributed by atoms with Gasteiger partial charge in [-0.15, -0.1) is 0 Å². The Morgan fingerprint density at radius 3 is 2.13 bits per heavy atom. The van der Waals surface area contributed by atoms with Gasteiger partial charge < -0.3 is 14.6 Å². The van der Waals surface area contributed by atoms with Crippen LogP contribution < -0.4 is 0 Å². The molecule has 1 N–H and O–H groups in total. The lowest BCUT2D eigenvalue weighted by atomic mass is 9.32. The molecule has 0 bridgehead atoms. The van der Waals surface area contributed by atoms with Gasteiger partial charge in [0.15, 0.2) is 0 Å². The minimum atomic E-state index is -0.797. The lowest BCUT2D eigenvalue weighted by Crippen LogP contribution is -2.67. The topological polar surface area (TPSA) is 80.7 Å². The maximum Gasteiger partial charge on any atom is 0.306 e. The molecular formula is C40H64O5. The van der Waals surface area contributed by atoms with Gasteiger partial charge in [0.1, 0.15) is 12.4 Å². The van der Waals surface area contributed by atoms with E-state index in [2.05, 4.69) is 48.5 Å². The predicted octanol–water partition coefficient (Wildman–Crippen LogP) is 9.65. The van der Waals surface area contributed by atoms with Crippen LogP contribution in [0.5, 0.6) is 0 Å². The van der Waals surface area contributed by atoms with Crippen LogP contribution in [0.4, 0.5) is 0 Å². The van der Waals surface area contributed by atoms with E-state index in [1.54, 1.807) is 0 Å². The zero-order valence-electron chi connectivity index (χ0n) is 29.7. The van der Waals surface area contributed by atoms with E-state index in [1.165, 1.54) is 44.8 Å². The summed E-state index contributed by atoms with van der Waals surface area (Å²) >= 11 is 0. The molecule has 0 radical (unpaired) electrons. The predicted molar refractivity (Wildman–Crippen MR) is 177 cm³/mol. The largest absolute Gasteiger partial charge is 0.481 e. The Balaban J connectivity index is 1.22. The number of ether oxygens (including phenoxy) is 1. The molecule has 6 fully saturated rings. The molecule has 0 unspecified atom stereocenters. The van der Waals surface area contributed by atoms with Crippen LogP contribution in [0.15, 0.2) is 0 Å². The summed E-state index contributed by atoms with van der Waals surface area (Å²) in [7, 11) is 0. The molecule has 0 amide bonds. The molecule has 0 aromatic heterocycles. The number of rotatable bonds is 7. The van der Waals surface area contributed by atoms with Crippen LogP contribution in [0.2, 0.25) is 0 Å². The average Bonchev–Trinajstić information content (AvgIpc) is 3.35. The van der Waals surface area contributed by atoms with Crippen LogP contribution in [0.25, 0.3) is 0 Å². The van der Waals surface area contributed by atoms with Crippen LogP contribution in [0, 0.1) is 68.0 Å². The number of aldehydes is 1. The van der Waals surface area contributed by atoms with Gasteiger partial charge in [-0.2, -0.15) is 0 Å². The summed E-state index contributed by atoms with van der Waals surface area (Å²) in [5.41, 5.74) is 0.0580. The average molecular weight is 625 g/mol. The molecule has 0 aromatic carbocycles. The van der Waals surface area contributed by atoms with Crippen molar-refractivity contribution >= 4 is 18.2 Å². The molecule has 6 aliphatic rings. The summed E-state index contributed by atoms with van der Waals surface area (Å²) in [6.07, 6.45) is 17.9. The molecule has 0 aliphatic heterocycles. The third-order valence-electron chi connectivity index (χ3n) is 16.8. The first-order valence-electron chi connectivity index (χ1n) is 19.0. The zero-order valence-corrected chi connectivity index (χ0v) is 29.7. The van der Waals surface area contributed by atoms with Gasteiger partial charge in [-0.3, -0.25) is 9.59 Å². The fraction of sp³-hybridized carbons (Fsp3) is 0.925. The monoisotopic (exact) mass is 624 g/mol. The van der Waals surface area contributed by atoms with Crippen molar-refractivity contribution in [1.29, 1.82) is 0 Å². The van der Waals surface area contributed by atoms with Crippen molar-refractivity contribution in [3.63, 3.8) is 0 Å². The Hall–Kier alpha value is -1.39. The van der Waals surface area contributed by atoms with E-state index in [1.807, 2.05) is 0 Å². The van der Waals surface area contributed by atoms with E-state index in [4.69, 9.17) is 4.74 Å². The minimum Gasteiger partial charge on any atom is -0.481 e. The Kier molecular flexibility index (Phi) is 8.45. The molecule has 6 rings (SSSR count). The van der Waals surface area contributed by atoms with Crippen molar-refractivity contribution in [3.05, 3.63) is 0 Å². The highest BCUT2D eigenvalue weighted by atomic mass is 16.5. The molecule has 0 spiro atoms. The first-order valence-corrected chi connectivity index (χ1v) is 19.0. The summed E-state index contributed by atoms with van der Waals surface area (Å²) in [4.78, 5) is 38.1. The first-order chi connectivity index (χ1) is 21.1. The van der Waals surface area contributed by atoms with Crippen molar-refractivity contribution in [3.8, 4) is 0 Å². The van der Waals surface area contributed by atoms with Gasteiger partial charge in [0, 0.05) is 10.8 Å².